The third-order valence-electron chi connectivity index (χ3n) is 5.67. The first-order chi connectivity index (χ1) is 20.1. The summed E-state index contributed by atoms with van der Waals surface area (Å²) in [7, 11) is -9.38. The fourth-order valence-electron chi connectivity index (χ4n) is 3.65. The molecule has 1 saturated heterocycles. The number of carbonyl (C=O) groups is 2. The molecule has 1 aromatic heterocycles. The van der Waals surface area contributed by atoms with Gasteiger partial charge < -0.3 is 14.2 Å². The summed E-state index contributed by atoms with van der Waals surface area (Å²) in [5.41, 5.74) is 1.83. The quantitative estimate of drug-likeness (QED) is 0.0498. The van der Waals surface area contributed by atoms with E-state index in [-0.39, 0.29) is 88.8 Å². The molecule has 0 spiro atoms. The molecule has 1 aliphatic heterocycles. The Labute approximate surface area is 327 Å². The SMILES string of the molecule is O=C1NN(c2ccc(S(=O)(=O)[O-])cc2[124I])C(=O)\C1=C/C=C/C=C/C=C/c1c(O)n(-c2ccc(S(=O)(=O)[O-])cc2[124I])[nH]c1=O.[Na+].[Na+]. The molecule has 2 aromatic carbocycles. The van der Waals surface area contributed by atoms with Crippen molar-refractivity contribution < 1.29 is 99.8 Å². The first-order valence-electron chi connectivity index (χ1n) is 11.5. The number of halogens is 2. The van der Waals surface area contributed by atoms with Gasteiger partial charge in [0.1, 0.15) is 31.4 Å². The molecule has 4 rings (SSSR count). The summed E-state index contributed by atoms with van der Waals surface area (Å²) in [6.45, 7) is 0. The van der Waals surface area contributed by atoms with Gasteiger partial charge in [0.25, 0.3) is 17.4 Å². The second-order valence-electron chi connectivity index (χ2n) is 8.44. The molecule has 2 amide bonds. The Hall–Kier alpha value is -1.57. The number of amides is 2. The van der Waals surface area contributed by atoms with Crippen LogP contribution in [0.1, 0.15) is 5.56 Å². The first-order valence-corrected chi connectivity index (χ1v) is 16.5. The molecule has 1 aliphatic rings. The number of aromatic hydroxyl groups is 1. The molecule has 2 heterocycles. The van der Waals surface area contributed by atoms with Crippen LogP contribution >= 0.6 is 45.2 Å². The number of anilines is 1. The fraction of sp³-hybridized carbons (Fsp3) is 0. The van der Waals surface area contributed by atoms with Crippen molar-refractivity contribution in [2.75, 3.05) is 5.01 Å². The van der Waals surface area contributed by atoms with Gasteiger partial charge in [-0.2, -0.15) is 0 Å². The number of hydrogen-bond donors (Lipinski definition) is 3. The fourth-order valence-corrected chi connectivity index (χ4v) is 6.58. The number of allylic oxidation sites excluding steroid dienone is 6. The van der Waals surface area contributed by atoms with Crippen molar-refractivity contribution in [3.05, 3.63) is 101 Å². The van der Waals surface area contributed by atoms with E-state index in [4.69, 9.17) is 0 Å². The Morgan fingerprint density at radius 2 is 1.29 bits per heavy atom. The number of rotatable bonds is 8. The Balaban J connectivity index is 0.00000353. The largest absolute Gasteiger partial charge is 1.00 e. The Morgan fingerprint density at radius 3 is 1.82 bits per heavy atom. The third kappa shape index (κ3) is 9.28. The Kier molecular flexibility index (Phi) is 14.1. The molecule has 14 nitrogen and oxygen atoms in total. The molecule has 20 heteroatoms. The summed E-state index contributed by atoms with van der Waals surface area (Å²) in [6.07, 6.45) is 9.92. The number of hydrazine groups is 1. The van der Waals surface area contributed by atoms with Crippen molar-refractivity contribution >= 4 is 89.0 Å². The van der Waals surface area contributed by atoms with Crippen molar-refractivity contribution in [3.8, 4) is 11.6 Å². The van der Waals surface area contributed by atoms with Gasteiger partial charge in [0.15, 0.2) is 0 Å². The topological polar surface area (TPSA) is 222 Å². The zero-order valence-electron chi connectivity index (χ0n) is 23.1. The second-order valence-corrected chi connectivity index (χ2v) is 13.5. The zero-order valence-corrected chi connectivity index (χ0v) is 33.0. The van der Waals surface area contributed by atoms with Crippen LogP contribution in [0.2, 0.25) is 0 Å². The average molecular weight is 890 g/mol. The van der Waals surface area contributed by atoms with Gasteiger partial charge in [0.05, 0.1) is 21.2 Å². The summed E-state index contributed by atoms with van der Waals surface area (Å²) in [5.74, 6) is -1.86. The van der Waals surface area contributed by atoms with E-state index in [9.17, 15) is 45.4 Å². The minimum atomic E-state index is -4.69. The smallest absolute Gasteiger partial charge is 0.744 e. The molecule has 0 aliphatic carbocycles. The van der Waals surface area contributed by atoms with E-state index in [0.717, 1.165) is 34.0 Å². The van der Waals surface area contributed by atoms with Gasteiger partial charge in [-0.15, -0.1) is 0 Å². The van der Waals surface area contributed by atoms with Crippen LogP contribution in [0.25, 0.3) is 11.8 Å². The molecular weight excluding hydrogens is 874 g/mol. The van der Waals surface area contributed by atoms with Gasteiger partial charge in [-0.1, -0.05) is 30.4 Å². The van der Waals surface area contributed by atoms with E-state index in [1.807, 2.05) is 0 Å². The maximum atomic E-state index is 12.8. The van der Waals surface area contributed by atoms with Gasteiger partial charge in [-0.3, -0.25) is 24.9 Å². The van der Waals surface area contributed by atoms with Gasteiger partial charge in [0.2, 0.25) is 5.88 Å². The summed E-state index contributed by atoms with van der Waals surface area (Å²) in [4.78, 5) is 36.5. The number of aromatic nitrogens is 2. The van der Waals surface area contributed by atoms with Crippen LogP contribution in [-0.4, -0.2) is 52.6 Å². The van der Waals surface area contributed by atoms with Gasteiger partial charge in [0, 0.05) is 7.14 Å². The average Bonchev–Trinajstić information content (AvgIpc) is 3.35. The molecule has 3 aromatic rings. The number of H-pyrrole nitrogens is 1. The molecule has 0 saturated carbocycles. The monoisotopic (exact) mass is 890 g/mol. The number of aromatic amines is 1. The zero-order chi connectivity index (χ0) is 31.7. The molecule has 224 valence electrons. The number of hydrogen-bond acceptors (Lipinski definition) is 10. The van der Waals surface area contributed by atoms with Crippen molar-refractivity contribution in [2.45, 2.75) is 9.79 Å². The van der Waals surface area contributed by atoms with Crippen LogP contribution in [0, 0.1) is 7.14 Å². The number of carbonyl (C=O) groups excluding carboxylic acids is 2. The van der Waals surface area contributed by atoms with Crippen LogP contribution in [0.5, 0.6) is 5.88 Å². The Morgan fingerprint density at radius 1 is 0.778 bits per heavy atom. The second kappa shape index (κ2) is 16.0. The van der Waals surface area contributed by atoms with Crippen molar-refractivity contribution in [1.29, 1.82) is 0 Å². The van der Waals surface area contributed by atoms with Crippen LogP contribution < -0.4 is 75.1 Å². The van der Waals surface area contributed by atoms with Crippen LogP contribution in [0.3, 0.4) is 0 Å². The molecule has 0 bridgehead atoms. The number of nitrogens with zero attached hydrogens (tertiary/aromatic N) is 2. The Bertz CT molecular complexity index is 2070. The van der Waals surface area contributed by atoms with E-state index in [1.54, 1.807) is 45.2 Å². The number of benzene rings is 2. The van der Waals surface area contributed by atoms with Gasteiger partial charge >= 0.3 is 59.1 Å². The summed E-state index contributed by atoms with van der Waals surface area (Å²) < 4.78 is 68.9. The predicted octanol–water partition coefficient (Wildman–Crippen LogP) is -3.97. The van der Waals surface area contributed by atoms with Gasteiger partial charge in [-0.05, 0) is 93.7 Å². The van der Waals surface area contributed by atoms with E-state index in [1.165, 1.54) is 54.7 Å². The maximum Gasteiger partial charge on any atom is 1.00 e. The van der Waals surface area contributed by atoms with Gasteiger partial charge in [-0.25, -0.2) is 26.5 Å². The summed E-state index contributed by atoms with van der Waals surface area (Å²) in [5, 5.41) is 13.9. The minimum absolute atomic E-state index is 0. The van der Waals surface area contributed by atoms with E-state index in [0.29, 0.717) is 0 Å². The molecular formula is C25H16I2N4Na2O10S2. The molecule has 0 radical (unpaired) electrons. The van der Waals surface area contributed by atoms with Crippen LogP contribution in [0.15, 0.2) is 93.0 Å². The van der Waals surface area contributed by atoms with E-state index < -0.39 is 53.3 Å². The maximum absolute atomic E-state index is 12.8. The van der Waals surface area contributed by atoms with E-state index >= 15 is 0 Å². The molecule has 3 N–H and O–H groups in total. The molecule has 0 unspecified atom stereocenters. The number of nitrogens with one attached hydrogen (secondary N) is 2. The standard InChI is InChI=1S/C25H18I2N4O10S2.2Na/c26-18-12-14(42(36,37)38)8-10-20(18)30-24(34)16(22(32)28-30)6-4-2-1-3-5-7-17-23(33)29-31(25(17)35)21-11-9-15(13-19(21)27)43(39,40)41;;/h1-13,34H,(H,28,32)(H,29,33)(H,36,37,38)(H,39,40,41);;/q;2*+1/p-2/b2-1+,5-3+,6-4+,17-7-;;/i26-3,27-3;;. The third-order valence-corrected chi connectivity index (χ3v) is 9.06. The minimum Gasteiger partial charge on any atom is -0.744 e. The normalized spacial score (nSPS) is 14.8. The van der Waals surface area contributed by atoms with Crippen molar-refractivity contribution in [1.82, 2.24) is 15.2 Å². The summed E-state index contributed by atoms with van der Waals surface area (Å²) in [6, 6.07) is 6.78. The summed E-state index contributed by atoms with van der Waals surface area (Å²) >= 11 is 3.50. The van der Waals surface area contributed by atoms with Crippen LogP contribution in [0.4, 0.5) is 5.69 Å². The van der Waals surface area contributed by atoms with Crippen LogP contribution in [-0.2, 0) is 29.8 Å². The van der Waals surface area contributed by atoms with E-state index in [2.05, 4.69) is 10.5 Å². The molecule has 1 fully saturated rings. The molecule has 45 heavy (non-hydrogen) atoms. The van der Waals surface area contributed by atoms with Crippen molar-refractivity contribution in [3.63, 3.8) is 0 Å². The molecule has 0 atom stereocenters. The van der Waals surface area contributed by atoms with Crippen molar-refractivity contribution in [2.24, 2.45) is 0 Å². The first kappa shape index (κ1) is 39.6. The predicted molar refractivity (Wildman–Crippen MR) is 167 cm³/mol.